The Morgan fingerprint density at radius 3 is 2.35 bits per heavy atom. The molecule has 1 aromatic heterocycles. The normalized spacial score (nSPS) is 12.7. The van der Waals surface area contributed by atoms with Crippen LogP contribution >= 0.6 is 11.8 Å². The summed E-state index contributed by atoms with van der Waals surface area (Å²) >= 11 is 1.28. The number of para-hydroxylation sites is 2. The van der Waals surface area contributed by atoms with Gasteiger partial charge in [-0.05, 0) is 37.6 Å². The fourth-order valence-electron chi connectivity index (χ4n) is 3.82. The summed E-state index contributed by atoms with van der Waals surface area (Å²) in [7, 11) is 3.73. The lowest BCUT2D eigenvalue weighted by molar-refractivity contribution is -0.112. The van der Waals surface area contributed by atoms with Crippen LogP contribution in [0.3, 0.4) is 0 Å². The van der Waals surface area contributed by atoms with Crippen molar-refractivity contribution in [2.45, 2.75) is 19.0 Å². The SMILES string of the molecule is Cc1ccc(-n2cnnc2SCC(=O)C(C#N)=C2N(C)c3ccccc3N2C)c(C)c1. The van der Waals surface area contributed by atoms with Crippen molar-refractivity contribution in [3.8, 4) is 11.8 Å². The van der Waals surface area contributed by atoms with Gasteiger partial charge in [0, 0.05) is 14.1 Å². The van der Waals surface area contributed by atoms with Gasteiger partial charge in [0.2, 0.25) is 0 Å². The van der Waals surface area contributed by atoms with E-state index in [9.17, 15) is 10.1 Å². The summed E-state index contributed by atoms with van der Waals surface area (Å²) in [5.41, 5.74) is 5.29. The highest BCUT2D eigenvalue weighted by Gasteiger charge is 2.31. The number of allylic oxidation sites excluding steroid dienone is 1. The third-order valence-corrected chi connectivity index (χ3v) is 6.26. The van der Waals surface area contributed by atoms with E-state index in [1.165, 1.54) is 17.3 Å². The molecule has 31 heavy (non-hydrogen) atoms. The number of nitrogens with zero attached hydrogens (tertiary/aromatic N) is 6. The Hall–Kier alpha value is -3.57. The van der Waals surface area contributed by atoms with Gasteiger partial charge < -0.3 is 9.80 Å². The van der Waals surface area contributed by atoms with Crippen LogP contribution in [-0.4, -0.2) is 40.4 Å². The number of Topliss-reactive ketones (excluding diaryl/α,β-unsaturated/α-hetero) is 1. The van der Waals surface area contributed by atoms with E-state index in [0.717, 1.165) is 22.6 Å². The molecule has 0 saturated carbocycles. The molecule has 1 aliphatic rings. The van der Waals surface area contributed by atoms with Gasteiger partial charge in [0.15, 0.2) is 10.9 Å². The van der Waals surface area contributed by atoms with Crippen LogP contribution in [0, 0.1) is 25.2 Å². The van der Waals surface area contributed by atoms with Crippen molar-refractivity contribution in [1.29, 1.82) is 5.26 Å². The fraction of sp³-hybridized carbons (Fsp3) is 0.217. The number of aromatic nitrogens is 3. The lowest BCUT2D eigenvalue weighted by atomic mass is 10.1. The van der Waals surface area contributed by atoms with Crippen LogP contribution in [0.2, 0.25) is 0 Å². The predicted molar refractivity (Wildman–Crippen MR) is 122 cm³/mol. The van der Waals surface area contributed by atoms with E-state index in [0.29, 0.717) is 11.0 Å². The first-order valence-corrected chi connectivity index (χ1v) is 10.8. The van der Waals surface area contributed by atoms with Crippen LogP contribution in [0.1, 0.15) is 11.1 Å². The minimum absolute atomic E-state index is 0.0913. The van der Waals surface area contributed by atoms with E-state index in [1.54, 1.807) is 6.33 Å². The highest BCUT2D eigenvalue weighted by Crippen LogP contribution is 2.40. The molecule has 0 spiro atoms. The van der Waals surface area contributed by atoms with E-state index in [2.05, 4.69) is 22.3 Å². The predicted octanol–water partition coefficient (Wildman–Crippen LogP) is 3.87. The molecule has 0 radical (unpaired) electrons. The molecule has 0 aliphatic carbocycles. The van der Waals surface area contributed by atoms with E-state index < -0.39 is 0 Å². The summed E-state index contributed by atoms with van der Waals surface area (Å²) in [6.07, 6.45) is 1.64. The number of nitriles is 1. The molecule has 0 amide bonds. The van der Waals surface area contributed by atoms with E-state index >= 15 is 0 Å². The van der Waals surface area contributed by atoms with Gasteiger partial charge in [-0.2, -0.15) is 5.26 Å². The van der Waals surface area contributed by atoms with Crippen LogP contribution in [0.25, 0.3) is 5.69 Å². The van der Waals surface area contributed by atoms with Crippen LogP contribution in [0.15, 0.2) is 65.3 Å². The molecule has 0 atom stereocenters. The number of hydrogen-bond donors (Lipinski definition) is 0. The molecule has 0 fully saturated rings. The van der Waals surface area contributed by atoms with Crippen LogP contribution < -0.4 is 9.80 Å². The second-order valence-electron chi connectivity index (χ2n) is 7.40. The first-order chi connectivity index (χ1) is 14.9. The van der Waals surface area contributed by atoms with E-state index in [-0.39, 0.29) is 17.1 Å². The van der Waals surface area contributed by atoms with Gasteiger partial charge in [-0.3, -0.25) is 9.36 Å². The minimum atomic E-state index is -0.246. The summed E-state index contributed by atoms with van der Waals surface area (Å²) in [6, 6.07) is 16.1. The maximum absolute atomic E-state index is 13.0. The summed E-state index contributed by atoms with van der Waals surface area (Å²) < 4.78 is 1.87. The van der Waals surface area contributed by atoms with Gasteiger partial charge in [0.1, 0.15) is 23.8 Å². The second kappa shape index (κ2) is 8.28. The number of fused-ring (bicyclic) bond motifs is 1. The second-order valence-corrected chi connectivity index (χ2v) is 8.34. The molecule has 0 saturated heterocycles. The summed E-state index contributed by atoms with van der Waals surface area (Å²) in [5, 5.41) is 18.6. The smallest absolute Gasteiger partial charge is 0.196 e. The zero-order valence-electron chi connectivity index (χ0n) is 17.8. The highest BCUT2D eigenvalue weighted by molar-refractivity contribution is 7.99. The molecule has 1 aliphatic heterocycles. The lowest BCUT2D eigenvalue weighted by Crippen LogP contribution is -2.26. The molecule has 0 unspecified atom stereocenters. The average molecular weight is 431 g/mol. The van der Waals surface area contributed by atoms with Gasteiger partial charge >= 0.3 is 0 Å². The number of carbonyl (C=O) groups is 1. The van der Waals surface area contributed by atoms with Crippen LogP contribution in [0.5, 0.6) is 0 Å². The molecule has 2 heterocycles. The van der Waals surface area contributed by atoms with E-state index in [4.69, 9.17) is 0 Å². The Morgan fingerprint density at radius 2 is 1.74 bits per heavy atom. The lowest BCUT2D eigenvalue weighted by Gasteiger charge is -2.19. The molecule has 2 aromatic carbocycles. The molecule has 3 aromatic rings. The Kier molecular flexibility index (Phi) is 5.53. The number of carbonyl (C=O) groups excluding carboxylic acids is 1. The Bertz CT molecular complexity index is 1210. The Morgan fingerprint density at radius 1 is 1.06 bits per heavy atom. The number of thioether (sulfide) groups is 1. The van der Waals surface area contributed by atoms with Crippen molar-refractivity contribution in [2.24, 2.45) is 0 Å². The van der Waals surface area contributed by atoms with Crippen LogP contribution in [-0.2, 0) is 4.79 Å². The van der Waals surface area contributed by atoms with Gasteiger partial charge in [0.05, 0.1) is 22.8 Å². The fourth-order valence-corrected chi connectivity index (χ4v) is 4.62. The van der Waals surface area contributed by atoms with Gasteiger partial charge in [-0.25, -0.2) is 0 Å². The molecule has 0 N–H and O–H groups in total. The van der Waals surface area contributed by atoms with Gasteiger partial charge in [-0.15, -0.1) is 10.2 Å². The van der Waals surface area contributed by atoms with Gasteiger partial charge in [0.25, 0.3) is 0 Å². The number of aryl methyl sites for hydroxylation is 2. The summed E-state index contributed by atoms with van der Waals surface area (Å²) in [5.74, 6) is 0.433. The molecular formula is C23H22N6OS. The standard InChI is InChI=1S/C23H22N6OS/c1-15-9-10-18(16(2)11-15)29-14-25-26-23(29)31-13-21(30)17(12-24)22-27(3)19-7-5-6-8-20(19)28(22)4/h5-11,14H,13H2,1-4H3. The van der Waals surface area contributed by atoms with Gasteiger partial charge in [-0.1, -0.05) is 41.6 Å². The molecule has 156 valence electrons. The topological polar surface area (TPSA) is 78.0 Å². The van der Waals surface area contributed by atoms with Crippen molar-refractivity contribution in [3.63, 3.8) is 0 Å². The summed E-state index contributed by atoms with van der Waals surface area (Å²) in [4.78, 5) is 16.8. The zero-order valence-corrected chi connectivity index (χ0v) is 18.6. The van der Waals surface area contributed by atoms with Crippen LogP contribution in [0.4, 0.5) is 11.4 Å². The van der Waals surface area contributed by atoms with Crippen molar-refractivity contribution >= 4 is 28.9 Å². The van der Waals surface area contributed by atoms with Crippen molar-refractivity contribution in [2.75, 3.05) is 29.6 Å². The largest absolute Gasteiger partial charge is 0.328 e. The summed E-state index contributed by atoms with van der Waals surface area (Å²) in [6.45, 7) is 4.08. The van der Waals surface area contributed by atoms with E-state index in [1.807, 2.05) is 78.7 Å². The van der Waals surface area contributed by atoms with Crippen molar-refractivity contribution in [3.05, 3.63) is 71.3 Å². The average Bonchev–Trinajstić information content (AvgIpc) is 3.32. The quantitative estimate of drug-likeness (QED) is 0.345. The molecule has 7 nitrogen and oxygen atoms in total. The number of benzene rings is 2. The number of anilines is 2. The van der Waals surface area contributed by atoms with Crippen molar-refractivity contribution < 1.29 is 4.79 Å². The first kappa shape index (κ1) is 20.7. The highest BCUT2D eigenvalue weighted by atomic mass is 32.2. The molecular weight excluding hydrogens is 408 g/mol. The Labute approximate surface area is 185 Å². The number of rotatable bonds is 5. The third kappa shape index (κ3) is 3.68. The molecule has 0 bridgehead atoms. The zero-order chi connectivity index (χ0) is 22.1. The number of ketones is 1. The van der Waals surface area contributed by atoms with Crippen molar-refractivity contribution in [1.82, 2.24) is 14.8 Å². The maximum Gasteiger partial charge on any atom is 0.196 e. The molecule has 4 rings (SSSR count). The number of hydrogen-bond acceptors (Lipinski definition) is 7. The monoisotopic (exact) mass is 430 g/mol. The Balaban J connectivity index is 1.58. The maximum atomic E-state index is 13.0. The molecule has 8 heteroatoms. The minimum Gasteiger partial charge on any atom is -0.328 e. The first-order valence-electron chi connectivity index (χ1n) is 9.77. The third-order valence-electron chi connectivity index (χ3n) is 5.31.